The van der Waals surface area contributed by atoms with E-state index in [1.54, 1.807) is 48.5 Å². The van der Waals surface area contributed by atoms with E-state index in [4.69, 9.17) is 44.3 Å². The molecule has 6 aromatic rings. The van der Waals surface area contributed by atoms with Gasteiger partial charge in [0.05, 0.1) is 5.02 Å². The highest BCUT2D eigenvalue weighted by Gasteiger charge is 2.16. The molecule has 0 aliphatic carbocycles. The molecule has 9 heteroatoms. The lowest BCUT2D eigenvalue weighted by Gasteiger charge is -2.08. The highest BCUT2D eigenvalue weighted by Crippen LogP contribution is 2.32. The predicted molar refractivity (Wildman–Crippen MR) is 163 cm³/mol. The number of nitrogens with zero attached hydrogens (tertiary/aromatic N) is 1. The van der Waals surface area contributed by atoms with Gasteiger partial charge in [-0.2, -0.15) is 0 Å². The van der Waals surface area contributed by atoms with Crippen molar-refractivity contribution in [2.24, 2.45) is 0 Å². The van der Waals surface area contributed by atoms with Gasteiger partial charge in [0.25, 0.3) is 5.91 Å². The van der Waals surface area contributed by atoms with Gasteiger partial charge in [-0.1, -0.05) is 65.7 Å². The maximum Gasteiger partial charge on any atom is 0.293 e. The van der Waals surface area contributed by atoms with Gasteiger partial charge in [0.2, 0.25) is 5.89 Å². The lowest BCUT2D eigenvalue weighted by atomic mass is 10.0. The minimum Gasteiger partial charge on any atom is -0.451 e. The molecule has 40 heavy (non-hydrogen) atoms. The molecule has 0 bridgehead atoms. The third-order valence-electron chi connectivity index (χ3n) is 6.14. The molecule has 1 amide bonds. The van der Waals surface area contributed by atoms with Crippen molar-refractivity contribution in [2.75, 3.05) is 5.32 Å². The predicted octanol–water partition coefficient (Wildman–Crippen LogP) is 8.86. The molecule has 2 heterocycles. The van der Waals surface area contributed by atoms with Crippen molar-refractivity contribution in [1.29, 1.82) is 0 Å². The fourth-order valence-electron chi connectivity index (χ4n) is 4.18. The number of oxazole rings is 1. The summed E-state index contributed by atoms with van der Waals surface area (Å²) in [5.41, 5.74) is 5.63. The molecule has 6 nitrogen and oxygen atoms in total. The molecule has 0 saturated heterocycles. The third kappa shape index (κ3) is 5.49. The number of furan rings is 1. The Kier molecular flexibility index (Phi) is 7.09. The number of carbonyl (C=O) groups is 1. The molecule has 0 saturated carbocycles. The molecule has 196 valence electrons. The average Bonchev–Trinajstić information content (AvgIpc) is 3.63. The topological polar surface area (TPSA) is 80.3 Å². The molecule has 0 aliphatic rings. The van der Waals surface area contributed by atoms with Crippen LogP contribution in [0.2, 0.25) is 10.0 Å². The number of anilines is 1. The maximum absolute atomic E-state index is 12.7. The van der Waals surface area contributed by atoms with E-state index in [9.17, 15) is 4.79 Å². The number of carbonyl (C=O) groups excluding carboxylic acids is 1. The summed E-state index contributed by atoms with van der Waals surface area (Å²) in [5, 5.41) is 6.68. The summed E-state index contributed by atoms with van der Waals surface area (Å²) in [6.07, 6.45) is 0. The molecule has 2 N–H and O–H groups in total. The van der Waals surface area contributed by atoms with E-state index in [1.807, 2.05) is 42.5 Å². The van der Waals surface area contributed by atoms with Crippen LogP contribution in [0.1, 0.15) is 10.6 Å². The Hall–Kier alpha value is -4.43. The van der Waals surface area contributed by atoms with Crippen LogP contribution in [0.4, 0.5) is 5.69 Å². The Morgan fingerprint density at radius 2 is 1.52 bits per heavy atom. The first kappa shape index (κ1) is 25.8. The number of thiocarbonyl (C=S) groups is 1. The molecule has 2 aromatic heterocycles. The first-order valence-electron chi connectivity index (χ1n) is 12.2. The smallest absolute Gasteiger partial charge is 0.293 e. The third-order valence-corrected chi connectivity index (χ3v) is 6.90. The zero-order chi connectivity index (χ0) is 27.6. The number of fused-ring (bicyclic) bond motifs is 1. The molecular formula is C31H19Cl2N3O3S. The van der Waals surface area contributed by atoms with Crippen LogP contribution in [0.5, 0.6) is 0 Å². The van der Waals surface area contributed by atoms with E-state index in [2.05, 4.69) is 27.8 Å². The van der Waals surface area contributed by atoms with E-state index >= 15 is 0 Å². The molecule has 0 radical (unpaired) electrons. The van der Waals surface area contributed by atoms with E-state index in [-0.39, 0.29) is 10.9 Å². The van der Waals surface area contributed by atoms with Crippen molar-refractivity contribution in [3.63, 3.8) is 0 Å². The van der Waals surface area contributed by atoms with Crippen LogP contribution >= 0.6 is 35.4 Å². The largest absolute Gasteiger partial charge is 0.451 e. The number of aromatic nitrogens is 1. The Labute approximate surface area is 244 Å². The number of hydrogen-bond donors (Lipinski definition) is 2. The average molecular weight is 584 g/mol. The van der Waals surface area contributed by atoms with Gasteiger partial charge in [0, 0.05) is 21.8 Å². The fraction of sp³-hybridized carbons (Fsp3) is 0. The van der Waals surface area contributed by atoms with Crippen molar-refractivity contribution in [3.8, 4) is 33.9 Å². The summed E-state index contributed by atoms with van der Waals surface area (Å²) < 4.78 is 11.7. The number of halogens is 2. The highest BCUT2D eigenvalue weighted by atomic mass is 35.5. The van der Waals surface area contributed by atoms with Crippen molar-refractivity contribution >= 4 is 63.2 Å². The Morgan fingerprint density at radius 1 is 0.775 bits per heavy atom. The second-order valence-corrected chi connectivity index (χ2v) is 10.1. The summed E-state index contributed by atoms with van der Waals surface area (Å²) in [5.74, 6) is 0.491. The lowest BCUT2D eigenvalue weighted by molar-refractivity contribution is 0.0951. The van der Waals surface area contributed by atoms with Crippen LogP contribution in [0, 0.1) is 0 Å². The van der Waals surface area contributed by atoms with Crippen LogP contribution < -0.4 is 10.6 Å². The van der Waals surface area contributed by atoms with E-state index in [0.29, 0.717) is 44.0 Å². The molecule has 0 spiro atoms. The zero-order valence-corrected chi connectivity index (χ0v) is 23.0. The first-order valence-corrected chi connectivity index (χ1v) is 13.3. The minimum absolute atomic E-state index is 0.0741. The van der Waals surface area contributed by atoms with E-state index < -0.39 is 5.91 Å². The zero-order valence-electron chi connectivity index (χ0n) is 20.7. The SMILES string of the molecule is O=C(NC(=S)Nc1ccc2oc(-c3ccc(-c4ccccc4)cc3)nc2c1)c1ccc(-c2cc(Cl)ccc2Cl)o1. The summed E-state index contributed by atoms with van der Waals surface area (Å²) in [6, 6.07) is 31.8. The molecule has 0 fully saturated rings. The number of hydrogen-bond acceptors (Lipinski definition) is 5. The van der Waals surface area contributed by atoms with E-state index in [0.717, 1.165) is 16.7 Å². The molecule has 0 aliphatic heterocycles. The van der Waals surface area contributed by atoms with Gasteiger partial charge in [-0.3, -0.25) is 10.1 Å². The standard InChI is InChI=1S/C31H19Cl2N3O3S/c32-21-10-12-24(33)23(16-21)26-14-15-28(38-26)29(37)36-31(40)34-22-11-13-27-25(17-22)35-30(39-27)20-8-6-19(7-9-20)18-4-2-1-3-5-18/h1-17H,(H2,34,36,37,40). The van der Waals surface area contributed by atoms with Gasteiger partial charge in [-0.15, -0.1) is 0 Å². The van der Waals surface area contributed by atoms with Crippen LogP contribution in [-0.2, 0) is 0 Å². The monoisotopic (exact) mass is 583 g/mol. The lowest BCUT2D eigenvalue weighted by Crippen LogP contribution is -2.33. The molecule has 6 rings (SSSR count). The first-order chi connectivity index (χ1) is 19.4. The summed E-state index contributed by atoms with van der Waals surface area (Å²) >= 11 is 17.6. The van der Waals surface area contributed by atoms with Crippen molar-refractivity contribution in [1.82, 2.24) is 10.3 Å². The van der Waals surface area contributed by atoms with Gasteiger partial charge in [0.15, 0.2) is 16.5 Å². The summed E-state index contributed by atoms with van der Waals surface area (Å²) in [4.78, 5) is 17.3. The van der Waals surface area contributed by atoms with Crippen LogP contribution in [0.25, 0.3) is 45.0 Å². The van der Waals surface area contributed by atoms with Gasteiger partial charge in [0.1, 0.15) is 11.3 Å². The Morgan fingerprint density at radius 3 is 2.33 bits per heavy atom. The van der Waals surface area contributed by atoms with Gasteiger partial charge in [-0.25, -0.2) is 4.98 Å². The maximum atomic E-state index is 12.7. The second kappa shape index (κ2) is 11.0. The number of amides is 1. The van der Waals surface area contributed by atoms with Crippen LogP contribution in [0.15, 0.2) is 112 Å². The van der Waals surface area contributed by atoms with Crippen LogP contribution in [0.3, 0.4) is 0 Å². The van der Waals surface area contributed by atoms with Crippen molar-refractivity contribution in [2.45, 2.75) is 0 Å². The molecule has 4 aromatic carbocycles. The summed E-state index contributed by atoms with van der Waals surface area (Å²) in [7, 11) is 0. The summed E-state index contributed by atoms with van der Waals surface area (Å²) in [6.45, 7) is 0. The number of rotatable bonds is 5. The van der Waals surface area contributed by atoms with Crippen LogP contribution in [-0.4, -0.2) is 16.0 Å². The highest BCUT2D eigenvalue weighted by molar-refractivity contribution is 7.80. The van der Waals surface area contributed by atoms with Gasteiger partial charge in [-0.05, 0) is 84.0 Å². The van der Waals surface area contributed by atoms with Crippen molar-refractivity contribution in [3.05, 3.63) is 119 Å². The second-order valence-electron chi connectivity index (χ2n) is 8.84. The molecule has 0 atom stereocenters. The van der Waals surface area contributed by atoms with Crippen molar-refractivity contribution < 1.29 is 13.6 Å². The molecular weight excluding hydrogens is 565 g/mol. The number of benzene rings is 4. The minimum atomic E-state index is -0.509. The fourth-order valence-corrected chi connectivity index (χ4v) is 4.78. The van der Waals surface area contributed by atoms with E-state index in [1.165, 1.54) is 0 Å². The quantitative estimate of drug-likeness (QED) is 0.197. The normalized spacial score (nSPS) is 10.9. The molecule has 0 unspecified atom stereocenters. The van der Waals surface area contributed by atoms with Gasteiger partial charge < -0.3 is 14.2 Å². The van der Waals surface area contributed by atoms with Gasteiger partial charge >= 0.3 is 0 Å². The Balaban J connectivity index is 1.13. The number of nitrogens with one attached hydrogen (secondary N) is 2. The Bertz CT molecular complexity index is 1860.